The van der Waals surface area contributed by atoms with Gasteiger partial charge in [0, 0.05) is 0 Å². The summed E-state index contributed by atoms with van der Waals surface area (Å²) in [6.07, 6.45) is 0. The van der Waals surface area contributed by atoms with Crippen molar-refractivity contribution in [2.45, 2.75) is 0 Å². The Kier molecular flexibility index (Phi) is 4.63. The van der Waals surface area contributed by atoms with Crippen molar-refractivity contribution >= 4 is 72.9 Å². The Morgan fingerprint density at radius 1 is 0.378 bits per heavy atom. The summed E-state index contributed by atoms with van der Waals surface area (Å²) < 4.78 is 55.9. The van der Waals surface area contributed by atoms with E-state index in [1.54, 1.807) is 24.3 Å². The van der Waals surface area contributed by atoms with Gasteiger partial charge in [0.25, 0.3) is 0 Å². The molecule has 0 N–H and O–H groups in total. The quantitative estimate of drug-likeness (QED) is 0.227. The van der Waals surface area contributed by atoms with Gasteiger partial charge in [0.2, 0.25) is 0 Å². The lowest BCUT2D eigenvalue weighted by molar-refractivity contribution is 0.607. The molecule has 0 radical (unpaired) electrons. The van der Waals surface area contributed by atoms with E-state index in [0.717, 1.165) is 43.1 Å². The molecule has 0 unspecified atom stereocenters. The molecule has 180 valence electrons. The van der Waals surface area contributed by atoms with Crippen LogP contribution in [0.15, 0.2) is 109 Å². The first-order chi connectivity index (χ1) is 17.8. The lowest BCUT2D eigenvalue weighted by Crippen LogP contribution is -1.97. The molecule has 7 rings (SSSR count). The Morgan fingerprint density at radius 2 is 0.703 bits per heavy atom. The van der Waals surface area contributed by atoms with E-state index < -0.39 is 20.0 Å². The SMILES string of the molecule is O=S1(=O)[N-]S(=O)(=O)C(c2ccc3cc4ccccc4cc3c2)=C1c1ccc2cc3ccccc3cc2c1. The first kappa shape index (κ1) is 22.2. The third-order valence-corrected chi connectivity index (χ3v) is 10.5. The first-order valence-corrected chi connectivity index (χ1v) is 14.5. The van der Waals surface area contributed by atoms with E-state index in [1.165, 1.54) is 0 Å². The molecular weight excluding hydrogens is 502 g/mol. The molecule has 0 bridgehead atoms. The minimum absolute atomic E-state index is 0.289. The third-order valence-electron chi connectivity index (χ3n) is 6.85. The van der Waals surface area contributed by atoms with Gasteiger partial charge in [0.15, 0.2) is 0 Å². The number of sulfonamides is 2. The van der Waals surface area contributed by atoms with E-state index in [2.05, 4.69) is 4.13 Å². The van der Waals surface area contributed by atoms with Crippen LogP contribution in [0.2, 0.25) is 0 Å². The van der Waals surface area contributed by atoms with Crippen molar-refractivity contribution in [2.24, 2.45) is 0 Å². The zero-order valence-corrected chi connectivity index (χ0v) is 20.9. The monoisotopic (exact) mass is 520 g/mol. The Labute approximate surface area is 213 Å². The predicted molar refractivity (Wildman–Crippen MR) is 151 cm³/mol. The topological polar surface area (TPSA) is 82.4 Å². The molecule has 0 saturated carbocycles. The van der Waals surface area contributed by atoms with Gasteiger partial charge in [-0.3, -0.25) is 0 Å². The van der Waals surface area contributed by atoms with Crippen LogP contribution >= 0.6 is 0 Å². The molecule has 0 saturated heterocycles. The zero-order valence-electron chi connectivity index (χ0n) is 19.3. The van der Waals surface area contributed by atoms with E-state index in [-0.39, 0.29) is 9.81 Å². The summed E-state index contributed by atoms with van der Waals surface area (Å²) in [7, 11) is -8.86. The minimum atomic E-state index is -4.43. The molecule has 6 aromatic carbocycles. The summed E-state index contributed by atoms with van der Waals surface area (Å²) >= 11 is 0. The van der Waals surface area contributed by atoms with Gasteiger partial charge in [-0.2, -0.15) is 0 Å². The highest BCUT2D eigenvalue weighted by Crippen LogP contribution is 2.47. The highest BCUT2D eigenvalue weighted by Gasteiger charge is 2.33. The zero-order chi connectivity index (χ0) is 25.4. The van der Waals surface area contributed by atoms with Crippen molar-refractivity contribution < 1.29 is 16.8 Å². The smallest absolute Gasteiger partial charge is 0.114 e. The Balaban J connectivity index is 1.50. The third kappa shape index (κ3) is 3.54. The molecule has 1 aliphatic rings. The maximum absolute atomic E-state index is 13.1. The summed E-state index contributed by atoms with van der Waals surface area (Å²) in [5, 5.41) is 7.63. The molecule has 0 atom stereocenters. The van der Waals surface area contributed by atoms with Gasteiger partial charge < -0.3 is 4.13 Å². The second kappa shape index (κ2) is 7.73. The number of nitrogens with zero attached hydrogens (tertiary/aromatic N) is 1. The van der Waals surface area contributed by atoms with Crippen LogP contribution in [-0.4, -0.2) is 16.8 Å². The minimum Gasteiger partial charge on any atom is -0.427 e. The van der Waals surface area contributed by atoms with Gasteiger partial charge >= 0.3 is 0 Å². The standard InChI is InChI=1S/C30H18NO4S2/c32-36(33)29(25-11-9-23-13-19-5-1-3-7-21(19)15-27(23)17-25)30(37(34,35)31-36)26-12-10-24-14-20-6-2-4-8-22(20)16-28(24)18-26/h1-18H/q-1. The maximum atomic E-state index is 13.1. The van der Waals surface area contributed by atoms with Crippen molar-refractivity contribution in [3.8, 4) is 0 Å². The Morgan fingerprint density at radius 3 is 1.08 bits per heavy atom. The van der Waals surface area contributed by atoms with Crippen molar-refractivity contribution in [3.63, 3.8) is 0 Å². The van der Waals surface area contributed by atoms with Gasteiger partial charge in [-0.25, -0.2) is 16.8 Å². The summed E-state index contributed by atoms with van der Waals surface area (Å²) in [5.41, 5.74) is 0.586. The lowest BCUT2D eigenvalue weighted by Gasteiger charge is -2.11. The van der Waals surface area contributed by atoms with E-state index >= 15 is 0 Å². The molecule has 6 aromatic rings. The number of hydrogen-bond acceptors (Lipinski definition) is 4. The fraction of sp³-hybridized carbons (Fsp3) is 0. The molecule has 0 amide bonds. The second-order valence-corrected chi connectivity index (χ2v) is 12.5. The van der Waals surface area contributed by atoms with E-state index in [0.29, 0.717) is 11.1 Å². The van der Waals surface area contributed by atoms with E-state index in [9.17, 15) is 16.8 Å². The van der Waals surface area contributed by atoms with Gasteiger partial charge in [-0.05, 0) is 90.6 Å². The Bertz CT molecular complexity index is 2040. The lowest BCUT2D eigenvalue weighted by atomic mass is 10.00. The largest absolute Gasteiger partial charge is 0.427 e. The van der Waals surface area contributed by atoms with Crippen molar-refractivity contribution in [2.75, 3.05) is 0 Å². The number of benzene rings is 6. The van der Waals surface area contributed by atoms with Gasteiger partial charge in [-0.15, -0.1) is 0 Å². The maximum Gasteiger partial charge on any atom is 0.114 e. The summed E-state index contributed by atoms with van der Waals surface area (Å²) in [4.78, 5) is -0.578. The molecule has 1 aliphatic heterocycles. The normalized spacial score (nSPS) is 16.8. The van der Waals surface area contributed by atoms with E-state index in [4.69, 9.17) is 0 Å². The van der Waals surface area contributed by atoms with Gasteiger partial charge in [0.05, 0.1) is 9.81 Å². The number of fused-ring (bicyclic) bond motifs is 4. The highest BCUT2D eigenvalue weighted by atomic mass is 32.3. The molecule has 0 aliphatic carbocycles. The van der Waals surface area contributed by atoms with Gasteiger partial charge in [-0.1, -0.05) is 72.8 Å². The van der Waals surface area contributed by atoms with Crippen molar-refractivity contribution in [1.29, 1.82) is 0 Å². The average Bonchev–Trinajstić information content (AvgIpc) is 3.08. The summed E-state index contributed by atoms with van der Waals surface area (Å²) in [6.45, 7) is 0. The van der Waals surface area contributed by atoms with Crippen LogP contribution in [-0.2, 0) is 20.0 Å². The molecular formula is C30H18NO4S2-. The fourth-order valence-electron chi connectivity index (χ4n) is 5.16. The fourth-order valence-corrected chi connectivity index (χ4v) is 8.98. The van der Waals surface area contributed by atoms with Crippen LogP contribution < -0.4 is 0 Å². The Hall–Kier alpha value is -4.04. The van der Waals surface area contributed by atoms with Crippen molar-refractivity contribution in [3.05, 3.63) is 124 Å². The molecule has 0 aromatic heterocycles. The average molecular weight is 521 g/mol. The van der Waals surface area contributed by atoms with Crippen molar-refractivity contribution in [1.82, 2.24) is 0 Å². The van der Waals surface area contributed by atoms with Crippen LogP contribution in [0, 0.1) is 0 Å². The molecule has 7 heteroatoms. The second-order valence-electron chi connectivity index (χ2n) is 9.21. The number of hydrogen-bond donors (Lipinski definition) is 0. The summed E-state index contributed by atoms with van der Waals surface area (Å²) in [6, 6.07) is 34.2. The molecule has 37 heavy (non-hydrogen) atoms. The van der Waals surface area contributed by atoms with E-state index in [1.807, 2.05) is 84.9 Å². The van der Waals surface area contributed by atoms with Crippen LogP contribution in [0.25, 0.3) is 57.0 Å². The van der Waals surface area contributed by atoms with Crippen LogP contribution in [0.3, 0.4) is 0 Å². The molecule has 5 nitrogen and oxygen atoms in total. The van der Waals surface area contributed by atoms with Crippen LogP contribution in [0.1, 0.15) is 11.1 Å². The highest BCUT2D eigenvalue weighted by molar-refractivity contribution is 8.24. The number of rotatable bonds is 2. The molecule has 0 fully saturated rings. The predicted octanol–water partition coefficient (Wildman–Crippen LogP) is 7.17. The van der Waals surface area contributed by atoms with Crippen LogP contribution in [0.5, 0.6) is 0 Å². The first-order valence-electron chi connectivity index (χ1n) is 11.6. The molecule has 1 heterocycles. The van der Waals surface area contributed by atoms with Crippen LogP contribution in [0.4, 0.5) is 0 Å². The summed E-state index contributed by atoms with van der Waals surface area (Å²) in [5.74, 6) is 0. The van der Waals surface area contributed by atoms with Gasteiger partial charge in [0.1, 0.15) is 20.0 Å². The molecule has 0 spiro atoms.